The number of rotatable bonds is 4. The summed E-state index contributed by atoms with van der Waals surface area (Å²) >= 11 is 8.49. The first-order valence-corrected chi connectivity index (χ1v) is 10.4. The predicted molar refractivity (Wildman–Crippen MR) is 126 cm³/mol. The fraction of sp³-hybridized carbons (Fsp3) is 0.0455. The van der Waals surface area contributed by atoms with E-state index in [9.17, 15) is 14.4 Å². The Hall–Kier alpha value is -3.43. The Morgan fingerprint density at radius 2 is 1.77 bits per heavy atom. The Kier molecular flexibility index (Phi) is 5.88. The van der Waals surface area contributed by atoms with E-state index in [4.69, 9.17) is 12.2 Å². The fourth-order valence-electron chi connectivity index (χ4n) is 3.12. The Morgan fingerprint density at radius 3 is 2.52 bits per heavy atom. The monoisotopic (exact) mass is 494 g/mol. The third-order valence-electron chi connectivity index (χ3n) is 4.69. The highest BCUT2D eigenvalue weighted by Gasteiger charge is 2.38. The first-order chi connectivity index (χ1) is 14.9. The van der Waals surface area contributed by atoms with Gasteiger partial charge in [-0.05, 0) is 59.4 Å². The maximum atomic E-state index is 12.9. The van der Waals surface area contributed by atoms with Crippen molar-refractivity contribution in [3.05, 3.63) is 76.8 Å². The number of nitrogens with zero attached hydrogens (tertiary/aromatic N) is 2. The van der Waals surface area contributed by atoms with Crippen molar-refractivity contribution >= 4 is 73.7 Å². The zero-order valence-electron chi connectivity index (χ0n) is 15.9. The van der Waals surface area contributed by atoms with Gasteiger partial charge in [-0.3, -0.25) is 19.3 Å². The molecule has 0 bridgehead atoms. The summed E-state index contributed by atoms with van der Waals surface area (Å²) in [4.78, 5) is 38.8. The van der Waals surface area contributed by atoms with Gasteiger partial charge in [0, 0.05) is 16.3 Å². The van der Waals surface area contributed by atoms with Gasteiger partial charge in [0.2, 0.25) is 5.91 Å². The van der Waals surface area contributed by atoms with Crippen LogP contribution in [0.5, 0.6) is 0 Å². The number of benzene rings is 3. The molecule has 9 heteroatoms. The molecule has 0 aliphatic carbocycles. The molecule has 1 saturated heterocycles. The van der Waals surface area contributed by atoms with Crippen LogP contribution >= 0.6 is 28.1 Å². The zero-order valence-corrected chi connectivity index (χ0v) is 18.3. The summed E-state index contributed by atoms with van der Waals surface area (Å²) in [6.07, 6.45) is 1.10. The van der Waals surface area contributed by atoms with E-state index < -0.39 is 23.6 Å². The summed E-state index contributed by atoms with van der Waals surface area (Å²) in [6.45, 7) is 0. The average Bonchev–Trinajstić information content (AvgIpc) is 2.76. The molecule has 0 aromatic heterocycles. The second kappa shape index (κ2) is 8.75. The molecule has 1 aliphatic rings. The summed E-state index contributed by atoms with van der Waals surface area (Å²) < 4.78 is 0.838. The minimum absolute atomic E-state index is 0.0119. The second-order valence-corrected chi connectivity index (χ2v) is 8.01. The normalized spacial score (nSPS) is 16.6. The van der Waals surface area contributed by atoms with Crippen molar-refractivity contribution in [3.8, 4) is 0 Å². The molecule has 1 heterocycles. The van der Waals surface area contributed by atoms with Gasteiger partial charge in [0.05, 0.1) is 5.69 Å². The first kappa shape index (κ1) is 20.8. The van der Waals surface area contributed by atoms with E-state index in [1.165, 1.54) is 4.90 Å². The standard InChI is InChI=1S/C22H15BrN4O3S/c23-16-7-9-17(10-8-16)27-21(30)18(20(29)25-22(27)31)12-24-26-19(28)15-6-5-13-3-1-2-4-14(13)11-15/h1-12,18H,(H,26,28)(H,25,29,31)/b24-12-/t18-/m0/s1. The van der Waals surface area contributed by atoms with Gasteiger partial charge in [0.15, 0.2) is 11.0 Å². The Labute approximate surface area is 191 Å². The number of thiocarbonyl (C=S) groups is 1. The summed E-state index contributed by atoms with van der Waals surface area (Å²) in [7, 11) is 0. The maximum Gasteiger partial charge on any atom is 0.271 e. The van der Waals surface area contributed by atoms with E-state index in [0.29, 0.717) is 11.3 Å². The number of amides is 3. The topological polar surface area (TPSA) is 90.9 Å². The molecule has 0 unspecified atom stereocenters. The quantitative estimate of drug-likeness (QED) is 0.251. The number of hydrogen-bond acceptors (Lipinski definition) is 5. The molecule has 31 heavy (non-hydrogen) atoms. The molecule has 3 amide bonds. The van der Waals surface area contributed by atoms with E-state index in [1.54, 1.807) is 36.4 Å². The van der Waals surface area contributed by atoms with E-state index in [0.717, 1.165) is 21.5 Å². The van der Waals surface area contributed by atoms with E-state index in [1.807, 2.05) is 30.3 Å². The Bertz CT molecular complexity index is 1240. The largest absolute Gasteiger partial charge is 0.301 e. The van der Waals surface area contributed by atoms with Gasteiger partial charge < -0.3 is 5.32 Å². The third kappa shape index (κ3) is 4.37. The minimum atomic E-state index is -1.23. The van der Waals surface area contributed by atoms with Gasteiger partial charge in [-0.1, -0.05) is 46.3 Å². The van der Waals surface area contributed by atoms with Crippen molar-refractivity contribution in [1.82, 2.24) is 10.7 Å². The Balaban J connectivity index is 1.49. The summed E-state index contributed by atoms with van der Waals surface area (Å²) in [5.74, 6) is -2.84. The molecular formula is C22H15BrN4O3S. The van der Waals surface area contributed by atoms with E-state index in [2.05, 4.69) is 31.8 Å². The van der Waals surface area contributed by atoms with Crippen LogP contribution < -0.4 is 15.6 Å². The van der Waals surface area contributed by atoms with Crippen LogP contribution in [0.2, 0.25) is 0 Å². The number of hydrogen-bond donors (Lipinski definition) is 2. The second-order valence-electron chi connectivity index (χ2n) is 6.70. The molecule has 154 valence electrons. The number of hydrazone groups is 1. The van der Waals surface area contributed by atoms with Crippen molar-refractivity contribution < 1.29 is 14.4 Å². The molecule has 2 N–H and O–H groups in total. The lowest BCUT2D eigenvalue weighted by Crippen LogP contribution is -2.58. The van der Waals surface area contributed by atoms with Crippen LogP contribution in [-0.4, -0.2) is 29.0 Å². The smallest absolute Gasteiger partial charge is 0.271 e. The molecule has 0 spiro atoms. The molecular weight excluding hydrogens is 480 g/mol. The van der Waals surface area contributed by atoms with Crippen LogP contribution in [0.15, 0.2) is 76.3 Å². The van der Waals surface area contributed by atoms with Gasteiger partial charge in [-0.25, -0.2) is 5.43 Å². The highest BCUT2D eigenvalue weighted by atomic mass is 79.9. The molecule has 1 fully saturated rings. The van der Waals surface area contributed by atoms with Gasteiger partial charge in [-0.15, -0.1) is 0 Å². The summed E-state index contributed by atoms with van der Waals surface area (Å²) in [5.41, 5.74) is 3.29. The predicted octanol–water partition coefficient (Wildman–Crippen LogP) is 3.38. The van der Waals surface area contributed by atoms with Crippen LogP contribution in [0, 0.1) is 5.92 Å². The van der Waals surface area contributed by atoms with Crippen LogP contribution in [0.25, 0.3) is 10.8 Å². The number of carbonyl (C=O) groups excluding carboxylic acids is 3. The van der Waals surface area contributed by atoms with E-state index in [-0.39, 0.29) is 5.11 Å². The molecule has 7 nitrogen and oxygen atoms in total. The average molecular weight is 495 g/mol. The number of halogens is 1. The van der Waals surface area contributed by atoms with Crippen LogP contribution in [0.1, 0.15) is 10.4 Å². The van der Waals surface area contributed by atoms with Crippen molar-refractivity contribution in [2.75, 3.05) is 4.90 Å². The van der Waals surface area contributed by atoms with Crippen molar-refractivity contribution in [3.63, 3.8) is 0 Å². The lowest BCUT2D eigenvalue weighted by Gasteiger charge is -2.30. The van der Waals surface area contributed by atoms with Crippen LogP contribution in [-0.2, 0) is 9.59 Å². The molecule has 3 aromatic rings. The van der Waals surface area contributed by atoms with Gasteiger partial charge in [0.25, 0.3) is 11.8 Å². The zero-order chi connectivity index (χ0) is 22.0. The van der Waals surface area contributed by atoms with Crippen molar-refractivity contribution in [2.24, 2.45) is 11.0 Å². The van der Waals surface area contributed by atoms with Gasteiger partial charge >= 0.3 is 0 Å². The maximum absolute atomic E-state index is 12.9. The number of anilines is 1. The minimum Gasteiger partial charge on any atom is -0.301 e. The molecule has 1 aliphatic heterocycles. The molecule has 0 radical (unpaired) electrons. The first-order valence-electron chi connectivity index (χ1n) is 9.21. The summed E-state index contributed by atoms with van der Waals surface area (Å²) in [6, 6.07) is 19.8. The molecule has 0 saturated carbocycles. The van der Waals surface area contributed by atoms with Crippen molar-refractivity contribution in [1.29, 1.82) is 0 Å². The highest BCUT2D eigenvalue weighted by molar-refractivity contribution is 9.10. The third-order valence-corrected chi connectivity index (χ3v) is 5.50. The Morgan fingerprint density at radius 1 is 1.06 bits per heavy atom. The van der Waals surface area contributed by atoms with Crippen LogP contribution in [0.4, 0.5) is 5.69 Å². The summed E-state index contributed by atoms with van der Waals surface area (Å²) in [5, 5.41) is 8.25. The fourth-order valence-corrected chi connectivity index (χ4v) is 3.68. The van der Waals surface area contributed by atoms with Crippen LogP contribution in [0.3, 0.4) is 0 Å². The SMILES string of the molecule is O=C(N/N=C\[C@H]1C(=O)NC(=S)N(c2ccc(Br)cc2)C1=O)c1ccc2ccccc2c1. The molecule has 3 aromatic carbocycles. The van der Waals surface area contributed by atoms with Gasteiger partial charge in [-0.2, -0.15) is 5.10 Å². The lowest BCUT2D eigenvalue weighted by atomic mass is 10.1. The van der Waals surface area contributed by atoms with Crippen molar-refractivity contribution in [2.45, 2.75) is 0 Å². The molecule has 4 rings (SSSR count). The lowest BCUT2D eigenvalue weighted by molar-refractivity contribution is -0.130. The number of carbonyl (C=O) groups is 3. The highest BCUT2D eigenvalue weighted by Crippen LogP contribution is 2.22. The number of fused-ring (bicyclic) bond motifs is 1. The molecule has 1 atom stereocenters. The van der Waals surface area contributed by atoms with E-state index >= 15 is 0 Å². The van der Waals surface area contributed by atoms with Gasteiger partial charge in [0.1, 0.15) is 0 Å². The number of nitrogens with one attached hydrogen (secondary N) is 2.